The first-order valence-electron chi connectivity index (χ1n) is 9.61. The zero-order valence-electron chi connectivity index (χ0n) is 16.5. The molecule has 1 heterocycles. The molecule has 0 saturated carbocycles. The number of carbonyl (C=O) groups is 1. The van der Waals surface area contributed by atoms with Gasteiger partial charge < -0.3 is 19.5 Å². The summed E-state index contributed by atoms with van der Waals surface area (Å²) in [6, 6.07) is 7.83. The van der Waals surface area contributed by atoms with Crippen LogP contribution < -0.4 is 10.1 Å². The van der Waals surface area contributed by atoms with Gasteiger partial charge in [0.2, 0.25) is 11.8 Å². The number of benzene rings is 1. The number of carbonyl (C=O) groups excluding carboxylic acids is 1. The summed E-state index contributed by atoms with van der Waals surface area (Å²) >= 11 is 0. The van der Waals surface area contributed by atoms with E-state index in [1.54, 1.807) is 6.92 Å². The topological polar surface area (TPSA) is 80.5 Å². The lowest BCUT2D eigenvalue weighted by Gasteiger charge is -2.19. The van der Waals surface area contributed by atoms with Crippen molar-refractivity contribution < 1.29 is 14.1 Å². The Morgan fingerprint density at radius 3 is 2.74 bits per heavy atom. The number of hydrogen-bond acceptors (Lipinski definition) is 6. The van der Waals surface area contributed by atoms with Gasteiger partial charge in [0.1, 0.15) is 12.4 Å². The highest BCUT2D eigenvalue weighted by Gasteiger charge is 2.08. The Kier molecular flexibility index (Phi) is 8.77. The van der Waals surface area contributed by atoms with E-state index in [0.29, 0.717) is 44.1 Å². The number of amides is 1. The molecule has 2 rings (SSSR count). The minimum Gasteiger partial charge on any atom is -0.492 e. The number of nitrogens with one attached hydrogen (secondary N) is 1. The molecule has 0 aliphatic rings. The van der Waals surface area contributed by atoms with Gasteiger partial charge in [-0.15, -0.1) is 0 Å². The van der Waals surface area contributed by atoms with Crippen LogP contribution in [0.2, 0.25) is 0 Å². The molecule has 2 aromatic rings. The second-order valence-corrected chi connectivity index (χ2v) is 6.35. The Morgan fingerprint density at radius 2 is 2.04 bits per heavy atom. The van der Waals surface area contributed by atoms with Gasteiger partial charge in [-0.25, -0.2) is 0 Å². The fourth-order valence-corrected chi connectivity index (χ4v) is 2.74. The van der Waals surface area contributed by atoms with Crippen LogP contribution in [0.4, 0.5) is 0 Å². The Morgan fingerprint density at radius 1 is 1.26 bits per heavy atom. The van der Waals surface area contributed by atoms with Gasteiger partial charge in [-0.3, -0.25) is 4.79 Å². The van der Waals surface area contributed by atoms with E-state index in [1.165, 1.54) is 0 Å². The molecule has 1 aromatic heterocycles. The molecule has 0 spiro atoms. The third-order valence-corrected chi connectivity index (χ3v) is 4.37. The third kappa shape index (κ3) is 7.38. The summed E-state index contributed by atoms with van der Waals surface area (Å²) in [5.41, 5.74) is 0.984. The summed E-state index contributed by atoms with van der Waals surface area (Å²) in [6.07, 6.45) is 1.71. The first kappa shape index (κ1) is 20.9. The Labute approximate surface area is 161 Å². The number of para-hydroxylation sites is 1. The van der Waals surface area contributed by atoms with Gasteiger partial charge in [0.15, 0.2) is 5.82 Å². The summed E-state index contributed by atoms with van der Waals surface area (Å²) in [5.74, 6) is 2.02. The lowest BCUT2D eigenvalue weighted by molar-refractivity contribution is -0.121. The molecule has 0 atom stereocenters. The van der Waals surface area contributed by atoms with E-state index in [-0.39, 0.29) is 5.91 Å². The molecule has 0 aliphatic carbocycles. The molecule has 1 amide bonds. The largest absolute Gasteiger partial charge is 0.492 e. The van der Waals surface area contributed by atoms with Crippen LogP contribution in [0.3, 0.4) is 0 Å². The van der Waals surface area contributed by atoms with Crippen LogP contribution in [-0.2, 0) is 17.8 Å². The lowest BCUT2D eigenvalue weighted by atomic mass is 10.2. The molecule has 0 saturated heterocycles. The summed E-state index contributed by atoms with van der Waals surface area (Å²) in [7, 11) is 0. The number of likely N-dealkylation sites (N-methyl/N-ethyl adjacent to an activating group) is 1. The van der Waals surface area contributed by atoms with E-state index < -0.39 is 0 Å². The average molecular weight is 374 g/mol. The summed E-state index contributed by atoms with van der Waals surface area (Å²) < 4.78 is 11.0. The molecule has 27 heavy (non-hydrogen) atoms. The average Bonchev–Trinajstić information content (AvgIpc) is 3.09. The van der Waals surface area contributed by atoms with Crippen molar-refractivity contribution in [3.05, 3.63) is 41.5 Å². The SMILES string of the molecule is CCN(CC)CCOc1ccccc1CNC(=O)CCCc1nc(C)no1. The fraction of sp³-hybridized carbons (Fsp3) is 0.550. The van der Waals surface area contributed by atoms with Crippen molar-refractivity contribution in [2.24, 2.45) is 0 Å². The van der Waals surface area contributed by atoms with Crippen LogP contribution in [0.1, 0.15) is 44.0 Å². The smallest absolute Gasteiger partial charge is 0.226 e. The van der Waals surface area contributed by atoms with Gasteiger partial charge in [-0.05, 0) is 32.5 Å². The van der Waals surface area contributed by atoms with Crippen molar-refractivity contribution in [1.29, 1.82) is 0 Å². The Balaban J connectivity index is 1.73. The molecule has 1 N–H and O–H groups in total. The maximum atomic E-state index is 12.1. The van der Waals surface area contributed by atoms with Crippen molar-refractivity contribution in [3.8, 4) is 5.75 Å². The first-order chi connectivity index (χ1) is 13.1. The highest BCUT2D eigenvalue weighted by Crippen LogP contribution is 2.17. The predicted octanol–water partition coefficient (Wildman–Crippen LogP) is 2.74. The fourth-order valence-electron chi connectivity index (χ4n) is 2.74. The van der Waals surface area contributed by atoms with Crippen LogP contribution in [-0.4, -0.2) is 47.2 Å². The third-order valence-electron chi connectivity index (χ3n) is 4.37. The second kappa shape index (κ2) is 11.3. The normalized spacial score (nSPS) is 11.0. The molecule has 148 valence electrons. The van der Waals surface area contributed by atoms with Crippen LogP contribution >= 0.6 is 0 Å². The molecule has 0 aliphatic heterocycles. The minimum atomic E-state index is 0.00387. The summed E-state index contributed by atoms with van der Waals surface area (Å²) in [6.45, 7) is 10.1. The molecule has 0 unspecified atom stereocenters. The van der Waals surface area contributed by atoms with Crippen LogP contribution in [0.15, 0.2) is 28.8 Å². The van der Waals surface area contributed by atoms with E-state index in [9.17, 15) is 4.79 Å². The zero-order chi connectivity index (χ0) is 19.5. The first-order valence-corrected chi connectivity index (χ1v) is 9.61. The van der Waals surface area contributed by atoms with E-state index >= 15 is 0 Å². The molecule has 0 radical (unpaired) electrons. The van der Waals surface area contributed by atoms with Gasteiger partial charge >= 0.3 is 0 Å². The minimum absolute atomic E-state index is 0.00387. The molecule has 0 fully saturated rings. The number of hydrogen-bond donors (Lipinski definition) is 1. The monoisotopic (exact) mass is 374 g/mol. The van der Waals surface area contributed by atoms with E-state index in [4.69, 9.17) is 9.26 Å². The highest BCUT2D eigenvalue weighted by molar-refractivity contribution is 5.75. The zero-order valence-corrected chi connectivity index (χ0v) is 16.5. The number of nitrogens with zero attached hydrogens (tertiary/aromatic N) is 3. The second-order valence-electron chi connectivity index (χ2n) is 6.35. The van der Waals surface area contributed by atoms with Crippen LogP contribution in [0, 0.1) is 6.92 Å². The lowest BCUT2D eigenvalue weighted by Crippen LogP contribution is -2.28. The Bertz CT molecular complexity index is 698. The molecule has 1 aromatic carbocycles. The van der Waals surface area contributed by atoms with E-state index in [0.717, 1.165) is 30.9 Å². The molecule has 7 nitrogen and oxygen atoms in total. The number of aromatic nitrogens is 2. The van der Waals surface area contributed by atoms with Crippen molar-refractivity contribution >= 4 is 5.91 Å². The summed E-state index contributed by atoms with van der Waals surface area (Å²) in [5, 5.41) is 6.70. The standard InChI is InChI=1S/C20H30N4O3/c1-4-24(5-2)13-14-26-18-10-7-6-9-17(18)15-21-19(25)11-8-12-20-22-16(3)23-27-20/h6-7,9-10H,4-5,8,11-15H2,1-3H3,(H,21,25). The van der Waals surface area contributed by atoms with Gasteiger partial charge in [0, 0.05) is 31.5 Å². The van der Waals surface area contributed by atoms with Crippen molar-refractivity contribution in [2.75, 3.05) is 26.2 Å². The predicted molar refractivity (Wildman–Crippen MR) is 104 cm³/mol. The molecular weight excluding hydrogens is 344 g/mol. The quantitative estimate of drug-likeness (QED) is 0.615. The summed E-state index contributed by atoms with van der Waals surface area (Å²) in [4.78, 5) is 18.5. The number of ether oxygens (including phenoxy) is 1. The maximum absolute atomic E-state index is 12.1. The van der Waals surface area contributed by atoms with Gasteiger partial charge in [-0.1, -0.05) is 37.2 Å². The van der Waals surface area contributed by atoms with Crippen molar-refractivity contribution in [3.63, 3.8) is 0 Å². The molecule has 7 heteroatoms. The number of rotatable bonds is 12. The van der Waals surface area contributed by atoms with Gasteiger partial charge in [0.05, 0.1) is 0 Å². The van der Waals surface area contributed by atoms with Crippen molar-refractivity contribution in [2.45, 2.75) is 46.6 Å². The Hall–Kier alpha value is -2.41. The van der Waals surface area contributed by atoms with Crippen molar-refractivity contribution in [1.82, 2.24) is 20.4 Å². The molecular formula is C20H30N4O3. The number of aryl methyl sites for hydroxylation is 2. The van der Waals surface area contributed by atoms with Crippen LogP contribution in [0.5, 0.6) is 5.75 Å². The van der Waals surface area contributed by atoms with Gasteiger partial charge in [0.25, 0.3) is 0 Å². The van der Waals surface area contributed by atoms with E-state index in [1.807, 2.05) is 24.3 Å². The van der Waals surface area contributed by atoms with Crippen LogP contribution in [0.25, 0.3) is 0 Å². The highest BCUT2D eigenvalue weighted by atomic mass is 16.5. The van der Waals surface area contributed by atoms with E-state index in [2.05, 4.69) is 34.2 Å². The molecule has 0 bridgehead atoms. The van der Waals surface area contributed by atoms with Gasteiger partial charge in [-0.2, -0.15) is 4.98 Å². The maximum Gasteiger partial charge on any atom is 0.226 e.